The minimum absolute atomic E-state index is 0.717. The normalized spacial score (nSPS) is 11.6. The number of nitrogens with zero attached hydrogens (tertiary/aromatic N) is 3. The second-order valence-corrected chi connectivity index (χ2v) is 13.6. The summed E-state index contributed by atoms with van der Waals surface area (Å²) < 4.78 is 4.91. The van der Waals surface area contributed by atoms with E-state index in [9.17, 15) is 0 Å². The van der Waals surface area contributed by atoms with Crippen molar-refractivity contribution in [3.8, 4) is 50.7 Å². The fourth-order valence-electron chi connectivity index (χ4n) is 7.28. The van der Waals surface area contributed by atoms with Crippen LogP contribution in [0.4, 0.5) is 0 Å². The summed E-state index contributed by atoms with van der Waals surface area (Å²) in [6, 6.07) is 62.4. The van der Waals surface area contributed by atoms with E-state index in [1.165, 1.54) is 58.8 Å². The Morgan fingerprint density at radius 3 is 1.60 bits per heavy atom. The summed E-state index contributed by atoms with van der Waals surface area (Å²) in [5.41, 5.74) is 11.0. The first kappa shape index (κ1) is 28.6. The van der Waals surface area contributed by atoms with E-state index < -0.39 is 0 Å². The molecule has 0 radical (unpaired) electrons. The fourth-order valence-corrected chi connectivity index (χ4v) is 8.61. The van der Waals surface area contributed by atoms with Gasteiger partial charge in [0.25, 0.3) is 0 Å². The number of hydrogen-bond donors (Lipinski definition) is 0. The highest BCUT2D eigenvalue weighted by atomic mass is 32.1. The number of para-hydroxylation sites is 2. The van der Waals surface area contributed by atoms with Crippen LogP contribution in [-0.2, 0) is 0 Å². The fraction of sp³-hybridized carbons (Fsp3) is 0. The maximum absolute atomic E-state index is 5.23. The standard InChI is InChI=1S/C46H29N3S/c1-3-13-30(14-4-1)31-25-27-32(28-26-31)39-29-40(48-46(47-39)33-15-5-2-6-16-33)38-21-11-19-36-37-20-12-24-43(45(37)50-44(36)38)49-41-22-9-7-17-34(41)35-18-8-10-23-42(35)49/h1-29H. The van der Waals surface area contributed by atoms with Crippen LogP contribution in [0.1, 0.15) is 0 Å². The van der Waals surface area contributed by atoms with Gasteiger partial charge in [-0.25, -0.2) is 9.97 Å². The lowest BCUT2D eigenvalue weighted by atomic mass is 10.0. The molecular formula is C46H29N3S. The summed E-state index contributed by atoms with van der Waals surface area (Å²) in [5, 5.41) is 5.01. The molecule has 10 aromatic rings. The van der Waals surface area contributed by atoms with Gasteiger partial charge >= 0.3 is 0 Å². The van der Waals surface area contributed by atoms with Gasteiger partial charge in [-0.1, -0.05) is 152 Å². The van der Waals surface area contributed by atoms with Crippen LogP contribution in [0, 0.1) is 0 Å². The van der Waals surface area contributed by atoms with Crippen LogP contribution < -0.4 is 0 Å². The lowest BCUT2D eigenvalue weighted by molar-refractivity contribution is 1.19. The number of aromatic nitrogens is 3. The zero-order valence-corrected chi connectivity index (χ0v) is 27.8. The Hall–Kier alpha value is -6.36. The molecule has 0 saturated carbocycles. The highest BCUT2D eigenvalue weighted by Crippen LogP contribution is 2.44. The van der Waals surface area contributed by atoms with Crippen molar-refractivity contribution in [3.05, 3.63) is 176 Å². The Balaban J connectivity index is 1.18. The van der Waals surface area contributed by atoms with E-state index in [0.717, 1.165) is 28.1 Å². The Morgan fingerprint density at radius 1 is 0.380 bits per heavy atom. The minimum Gasteiger partial charge on any atom is -0.308 e. The highest BCUT2D eigenvalue weighted by molar-refractivity contribution is 7.26. The van der Waals surface area contributed by atoms with Crippen LogP contribution in [-0.4, -0.2) is 14.5 Å². The number of rotatable bonds is 5. The summed E-state index contributed by atoms with van der Waals surface area (Å²) in [6.07, 6.45) is 0. The second kappa shape index (κ2) is 11.7. The highest BCUT2D eigenvalue weighted by Gasteiger charge is 2.19. The molecule has 0 unspecified atom stereocenters. The van der Waals surface area contributed by atoms with Gasteiger partial charge in [0.05, 0.1) is 32.8 Å². The van der Waals surface area contributed by atoms with Crippen molar-refractivity contribution < 1.29 is 0 Å². The van der Waals surface area contributed by atoms with Crippen molar-refractivity contribution in [3.63, 3.8) is 0 Å². The van der Waals surface area contributed by atoms with Crippen molar-refractivity contribution in [1.82, 2.24) is 14.5 Å². The van der Waals surface area contributed by atoms with Crippen LogP contribution in [0.25, 0.3) is 92.7 Å². The van der Waals surface area contributed by atoms with Gasteiger partial charge in [0.15, 0.2) is 5.82 Å². The topological polar surface area (TPSA) is 30.7 Å². The van der Waals surface area contributed by atoms with Crippen molar-refractivity contribution in [2.24, 2.45) is 0 Å². The molecule has 10 rings (SSSR count). The zero-order chi connectivity index (χ0) is 33.0. The quantitative estimate of drug-likeness (QED) is 0.185. The third-order valence-corrected chi connectivity index (χ3v) is 10.9. The van der Waals surface area contributed by atoms with Gasteiger partial charge in [-0.2, -0.15) is 0 Å². The molecule has 4 heteroatoms. The Morgan fingerprint density at radius 2 is 0.900 bits per heavy atom. The maximum Gasteiger partial charge on any atom is 0.160 e. The molecule has 3 nitrogen and oxygen atoms in total. The predicted octanol–water partition coefficient (Wildman–Crippen LogP) is 12.6. The maximum atomic E-state index is 5.23. The molecule has 0 aliphatic rings. The largest absolute Gasteiger partial charge is 0.308 e. The molecule has 0 bridgehead atoms. The van der Waals surface area contributed by atoms with E-state index in [1.54, 1.807) is 0 Å². The summed E-state index contributed by atoms with van der Waals surface area (Å²) in [6.45, 7) is 0. The Labute approximate surface area is 293 Å². The second-order valence-electron chi connectivity index (χ2n) is 12.6. The summed E-state index contributed by atoms with van der Waals surface area (Å²) >= 11 is 1.85. The molecule has 0 atom stereocenters. The van der Waals surface area contributed by atoms with Gasteiger partial charge in [0, 0.05) is 42.9 Å². The van der Waals surface area contributed by atoms with Gasteiger partial charge in [-0.3, -0.25) is 0 Å². The van der Waals surface area contributed by atoms with E-state index >= 15 is 0 Å². The number of thiophene rings is 1. The molecule has 3 heterocycles. The molecule has 3 aromatic heterocycles. The molecule has 7 aromatic carbocycles. The number of hydrogen-bond acceptors (Lipinski definition) is 3. The minimum atomic E-state index is 0.717. The zero-order valence-electron chi connectivity index (χ0n) is 27.0. The van der Waals surface area contributed by atoms with Crippen LogP contribution in [0.15, 0.2) is 176 Å². The van der Waals surface area contributed by atoms with Gasteiger partial charge in [-0.15, -0.1) is 11.3 Å². The van der Waals surface area contributed by atoms with Gasteiger partial charge < -0.3 is 4.57 Å². The predicted molar refractivity (Wildman–Crippen MR) is 211 cm³/mol. The summed E-state index contributed by atoms with van der Waals surface area (Å²) in [4.78, 5) is 10.3. The SMILES string of the molecule is c1ccc(-c2ccc(-c3cc(-c4cccc5c4sc4c(-n6c7ccccc7c7ccccc76)cccc45)nc(-c4ccccc4)n3)cc2)cc1. The van der Waals surface area contributed by atoms with Gasteiger partial charge in [0.1, 0.15) is 0 Å². The average molecular weight is 656 g/mol. The molecule has 0 amide bonds. The smallest absolute Gasteiger partial charge is 0.160 e. The molecule has 0 spiro atoms. The van der Waals surface area contributed by atoms with E-state index in [1.807, 2.05) is 35.6 Å². The molecule has 0 N–H and O–H groups in total. The van der Waals surface area contributed by atoms with Crippen LogP contribution in [0.3, 0.4) is 0 Å². The number of fused-ring (bicyclic) bond motifs is 6. The molecule has 234 valence electrons. The third kappa shape index (κ3) is 4.65. The van der Waals surface area contributed by atoms with Crippen molar-refractivity contribution >= 4 is 53.3 Å². The van der Waals surface area contributed by atoms with Crippen molar-refractivity contribution in [2.75, 3.05) is 0 Å². The van der Waals surface area contributed by atoms with Crippen LogP contribution in [0.5, 0.6) is 0 Å². The van der Waals surface area contributed by atoms with E-state index in [2.05, 4.69) is 156 Å². The monoisotopic (exact) mass is 655 g/mol. The number of benzene rings is 7. The van der Waals surface area contributed by atoms with Crippen LogP contribution >= 0.6 is 11.3 Å². The molecule has 0 fully saturated rings. The van der Waals surface area contributed by atoms with E-state index in [-0.39, 0.29) is 0 Å². The van der Waals surface area contributed by atoms with Crippen LogP contribution in [0.2, 0.25) is 0 Å². The Kier molecular flexibility index (Phi) is 6.68. The Bertz CT molecular complexity index is 2800. The van der Waals surface area contributed by atoms with Gasteiger partial charge in [-0.05, 0) is 35.4 Å². The van der Waals surface area contributed by atoms with Crippen molar-refractivity contribution in [2.45, 2.75) is 0 Å². The van der Waals surface area contributed by atoms with E-state index in [0.29, 0.717) is 5.82 Å². The molecule has 50 heavy (non-hydrogen) atoms. The molecular weight excluding hydrogens is 627 g/mol. The first-order valence-electron chi connectivity index (χ1n) is 16.8. The summed E-state index contributed by atoms with van der Waals surface area (Å²) in [7, 11) is 0. The molecule has 0 aliphatic heterocycles. The first-order chi connectivity index (χ1) is 24.8. The average Bonchev–Trinajstić information content (AvgIpc) is 3.75. The lowest BCUT2D eigenvalue weighted by Crippen LogP contribution is -1.96. The first-order valence-corrected chi connectivity index (χ1v) is 17.7. The van der Waals surface area contributed by atoms with E-state index in [4.69, 9.17) is 9.97 Å². The lowest BCUT2D eigenvalue weighted by Gasteiger charge is -2.11. The molecule has 0 aliphatic carbocycles. The third-order valence-electron chi connectivity index (χ3n) is 9.65. The molecule has 0 saturated heterocycles. The summed E-state index contributed by atoms with van der Waals surface area (Å²) in [5.74, 6) is 0.717. The van der Waals surface area contributed by atoms with Crippen molar-refractivity contribution in [1.29, 1.82) is 0 Å². The van der Waals surface area contributed by atoms with Gasteiger partial charge in [0.2, 0.25) is 0 Å².